The van der Waals surface area contributed by atoms with Crippen molar-refractivity contribution in [3.63, 3.8) is 0 Å². The van der Waals surface area contributed by atoms with Gasteiger partial charge >= 0.3 is 6.18 Å². The second kappa shape index (κ2) is 2.40. The molecule has 0 heterocycles. The molecule has 6 unspecified atom stereocenters. The Bertz CT molecular complexity index is 402. The molecule has 0 saturated heterocycles. The zero-order chi connectivity index (χ0) is 12.3. The van der Waals surface area contributed by atoms with Gasteiger partial charge in [-0.15, -0.1) is 0 Å². The normalized spacial score (nSPS) is 57.4. The van der Waals surface area contributed by atoms with Crippen molar-refractivity contribution in [3.8, 4) is 0 Å². The fourth-order valence-electron chi connectivity index (χ4n) is 5.39. The van der Waals surface area contributed by atoms with Crippen molar-refractivity contribution >= 4 is 0 Å². The molecule has 4 heteroatoms. The van der Waals surface area contributed by atoms with Gasteiger partial charge < -0.3 is 5.11 Å². The average molecular weight is 246 g/mol. The predicted octanol–water partition coefficient (Wildman–Crippen LogP) is 3.13. The largest absolute Gasteiger partial charge is 0.416 e. The van der Waals surface area contributed by atoms with E-state index in [2.05, 4.69) is 0 Å². The molecule has 6 atom stereocenters. The molecule has 0 aliphatic heterocycles. The second-order valence-electron chi connectivity index (χ2n) is 7.27. The van der Waals surface area contributed by atoms with E-state index >= 15 is 0 Å². The number of hydrogen-bond acceptors (Lipinski definition) is 1. The van der Waals surface area contributed by atoms with Gasteiger partial charge in [0.1, 0.15) is 0 Å². The minimum Gasteiger partial charge on any atom is -0.381 e. The number of alkyl halides is 3. The predicted molar refractivity (Wildman–Crippen MR) is 55.1 cm³/mol. The molecule has 1 N–H and O–H groups in total. The molecule has 4 aliphatic carbocycles. The third-order valence-electron chi connectivity index (χ3n) is 6.32. The third kappa shape index (κ3) is 1.07. The number of aliphatic hydroxyl groups is 1. The zero-order valence-electron chi connectivity index (χ0n) is 9.85. The lowest BCUT2D eigenvalue weighted by Gasteiger charge is -2.32. The standard InChI is InChI=1S/C13H17F3O/c1-10(17,13(14,15)16)2-7-3-11-4-8(11)9-5-12(7,9)6-11/h7-9,17H,2-6H2,1H3. The van der Waals surface area contributed by atoms with Gasteiger partial charge in [0.05, 0.1) is 0 Å². The molecule has 4 rings (SSSR count). The summed E-state index contributed by atoms with van der Waals surface area (Å²) < 4.78 is 38.2. The molecule has 0 aromatic carbocycles. The average Bonchev–Trinajstić information content (AvgIpc) is 2.97. The summed E-state index contributed by atoms with van der Waals surface area (Å²) in [7, 11) is 0. The van der Waals surface area contributed by atoms with Crippen LogP contribution in [0.1, 0.15) is 39.0 Å². The smallest absolute Gasteiger partial charge is 0.381 e. The van der Waals surface area contributed by atoms with Crippen molar-refractivity contribution in [2.24, 2.45) is 28.6 Å². The molecule has 2 bridgehead atoms. The van der Waals surface area contributed by atoms with Crippen molar-refractivity contribution < 1.29 is 18.3 Å². The molecular formula is C13H17F3O. The Labute approximate surface area is 98.4 Å². The summed E-state index contributed by atoms with van der Waals surface area (Å²) in [6, 6.07) is 0. The van der Waals surface area contributed by atoms with Crippen LogP contribution in [-0.2, 0) is 0 Å². The van der Waals surface area contributed by atoms with Crippen LogP contribution in [0, 0.1) is 28.6 Å². The fourth-order valence-corrected chi connectivity index (χ4v) is 5.39. The van der Waals surface area contributed by atoms with Crippen LogP contribution in [0.4, 0.5) is 13.2 Å². The molecule has 0 aromatic heterocycles. The first kappa shape index (κ1) is 10.7. The number of hydrogen-bond donors (Lipinski definition) is 1. The molecule has 4 aliphatic rings. The van der Waals surface area contributed by atoms with E-state index in [1.165, 1.54) is 6.42 Å². The molecule has 4 saturated carbocycles. The Kier molecular flexibility index (Phi) is 1.51. The molecule has 0 aromatic rings. The number of halogens is 3. The first-order chi connectivity index (χ1) is 7.70. The van der Waals surface area contributed by atoms with Crippen molar-refractivity contribution in [2.75, 3.05) is 0 Å². The van der Waals surface area contributed by atoms with Crippen LogP contribution in [-0.4, -0.2) is 16.9 Å². The van der Waals surface area contributed by atoms with Crippen LogP contribution in [0.3, 0.4) is 0 Å². The summed E-state index contributed by atoms with van der Waals surface area (Å²) in [5.41, 5.74) is -1.85. The maximum atomic E-state index is 12.7. The SMILES string of the molecule is CC(O)(CC1CC23CC2C2CC12C3)C(F)(F)F. The lowest BCUT2D eigenvalue weighted by atomic mass is 9.80. The van der Waals surface area contributed by atoms with Gasteiger partial charge in [0.2, 0.25) is 0 Å². The summed E-state index contributed by atoms with van der Waals surface area (Å²) in [5.74, 6) is 1.67. The van der Waals surface area contributed by atoms with Gasteiger partial charge in [-0.25, -0.2) is 0 Å². The van der Waals surface area contributed by atoms with Crippen molar-refractivity contribution in [3.05, 3.63) is 0 Å². The van der Waals surface area contributed by atoms with Gasteiger partial charge in [-0.3, -0.25) is 0 Å². The van der Waals surface area contributed by atoms with Crippen LogP contribution in [0.5, 0.6) is 0 Å². The summed E-state index contributed by atoms with van der Waals surface area (Å²) in [6.45, 7) is 0.940. The summed E-state index contributed by atoms with van der Waals surface area (Å²) in [5, 5.41) is 9.65. The summed E-state index contributed by atoms with van der Waals surface area (Å²) >= 11 is 0. The summed E-state index contributed by atoms with van der Waals surface area (Å²) in [4.78, 5) is 0. The van der Waals surface area contributed by atoms with Gasteiger partial charge in [-0.05, 0) is 67.6 Å². The van der Waals surface area contributed by atoms with E-state index in [0.29, 0.717) is 11.3 Å². The number of fused-ring (bicyclic) bond motifs is 1. The van der Waals surface area contributed by atoms with Crippen LogP contribution in [0.15, 0.2) is 0 Å². The van der Waals surface area contributed by atoms with Crippen LogP contribution in [0.25, 0.3) is 0 Å². The van der Waals surface area contributed by atoms with Crippen molar-refractivity contribution in [1.82, 2.24) is 0 Å². The second-order valence-corrected chi connectivity index (χ2v) is 7.27. The zero-order valence-corrected chi connectivity index (χ0v) is 9.85. The molecule has 4 fully saturated rings. The first-order valence-electron chi connectivity index (χ1n) is 6.49. The highest BCUT2D eigenvalue weighted by Crippen LogP contribution is 2.91. The maximum absolute atomic E-state index is 12.7. The molecule has 1 nitrogen and oxygen atoms in total. The minimum atomic E-state index is -4.49. The molecular weight excluding hydrogens is 229 g/mol. The lowest BCUT2D eigenvalue weighted by molar-refractivity contribution is -0.259. The number of rotatable bonds is 2. The van der Waals surface area contributed by atoms with Gasteiger partial charge in [-0.1, -0.05) is 0 Å². The molecule has 17 heavy (non-hydrogen) atoms. The van der Waals surface area contributed by atoms with Crippen LogP contribution in [0.2, 0.25) is 0 Å². The highest BCUT2D eigenvalue weighted by atomic mass is 19.4. The third-order valence-corrected chi connectivity index (χ3v) is 6.32. The van der Waals surface area contributed by atoms with Crippen LogP contribution >= 0.6 is 0 Å². The Morgan fingerprint density at radius 2 is 1.88 bits per heavy atom. The molecule has 0 radical (unpaired) electrons. The maximum Gasteiger partial charge on any atom is 0.416 e. The van der Waals surface area contributed by atoms with E-state index in [9.17, 15) is 18.3 Å². The van der Waals surface area contributed by atoms with E-state index in [0.717, 1.165) is 32.1 Å². The Morgan fingerprint density at radius 1 is 1.18 bits per heavy atom. The van der Waals surface area contributed by atoms with Gasteiger partial charge in [0.25, 0.3) is 0 Å². The quantitative estimate of drug-likeness (QED) is 0.793. The Morgan fingerprint density at radius 3 is 2.41 bits per heavy atom. The topological polar surface area (TPSA) is 20.2 Å². The fraction of sp³-hybridized carbons (Fsp3) is 1.00. The van der Waals surface area contributed by atoms with E-state index in [1.54, 1.807) is 0 Å². The monoisotopic (exact) mass is 246 g/mol. The molecule has 0 amide bonds. The lowest BCUT2D eigenvalue weighted by Crippen LogP contribution is -2.44. The Hall–Kier alpha value is -0.250. The van der Waals surface area contributed by atoms with Crippen LogP contribution < -0.4 is 0 Å². The van der Waals surface area contributed by atoms with E-state index in [-0.39, 0.29) is 17.8 Å². The van der Waals surface area contributed by atoms with Crippen molar-refractivity contribution in [2.45, 2.75) is 50.8 Å². The van der Waals surface area contributed by atoms with Gasteiger partial charge in [0.15, 0.2) is 5.60 Å². The minimum absolute atomic E-state index is 0.0819. The first-order valence-corrected chi connectivity index (χ1v) is 6.49. The molecule has 2 spiro atoms. The van der Waals surface area contributed by atoms with E-state index in [1.807, 2.05) is 0 Å². The summed E-state index contributed by atoms with van der Waals surface area (Å²) in [6.07, 6.45) is -0.0750. The van der Waals surface area contributed by atoms with Crippen molar-refractivity contribution in [1.29, 1.82) is 0 Å². The highest BCUT2D eigenvalue weighted by molar-refractivity contribution is 5.33. The van der Waals surface area contributed by atoms with E-state index in [4.69, 9.17) is 0 Å². The Balaban J connectivity index is 1.56. The van der Waals surface area contributed by atoms with Gasteiger partial charge in [-0.2, -0.15) is 13.2 Å². The highest BCUT2D eigenvalue weighted by Gasteiger charge is 2.84. The van der Waals surface area contributed by atoms with E-state index < -0.39 is 11.8 Å². The van der Waals surface area contributed by atoms with Gasteiger partial charge in [0, 0.05) is 0 Å². The molecule has 96 valence electrons.